The van der Waals surface area contributed by atoms with Crippen molar-refractivity contribution in [3.63, 3.8) is 0 Å². The second-order valence-electron chi connectivity index (χ2n) is 9.93. The van der Waals surface area contributed by atoms with Gasteiger partial charge in [0.05, 0.1) is 0 Å². The van der Waals surface area contributed by atoms with Crippen molar-refractivity contribution in [2.75, 3.05) is 0 Å². The molecular weight excluding hydrogens is 336 g/mol. The maximum Gasteiger partial charge on any atom is -0.0139 e. The fourth-order valence-electron chi connectivity index (χ4n) is 2.95. The Balaban J connectivity index is 4.21. The van der Waals surface area contributed by atoms with Crippen LogP contribution in [0.1, 0.15) is 107 Å². The van der Waals surface area contributed by atoms with Crippen LogP contribution in [0.2, 0.25) is 0 Å². The molecule has 0 spiro atoms. The molecule has 0 unspecified atom stereocenters. The first-order valence-corrected chi connectivity index (χ1v) is 11.3. The predicted octanol–water partition coefficient (Wildman–Crippen LogP) is 9.76. The molecule has 160 valence electrons. The third kappa shape index (κ3) is 16.8. The van der Waals surface area contributed by atoms with Crippen molar-refractivity contribution in [1.82, 2.24) is 0 Å². The molecular formula is C28H48. The summed E-state index contributed by atoms with van der Waals surface area (Å²) in [6.07, 6.45) is 21.1. The van der Waals surface area contributed by atoms with E-state index in [1.165, 1.54) is 41.6 Å². The lowest BCUT2D eigenvalue weighted by atomic mass is 9.85. The lowest BCUT2D eigenvalue weighted by molar-refractivity contribution is 0.435. The standard InChI is InChI=1S/C28H48/c1-23(2)13-12-15-26(6)18-19-27(7)20-22-28(8,9)21-11-10-14-25(5)17-16-24(3)4/h11,13,17-18,21,24H,7,10,12,14-16,19-20,22H2,1-6,8-9H3/b21-11+,25-17-,26-18+. The van der Waals surface area contributed by atoms with Crippen LogP contribution in [-0.4, -0.2) is 0 Å². The molecule has 0 aliphatic carbocycles. The van der Waals surface area contributed by atoms with Gasteiger partial charge in [0.15, 0.2) is 0 Å². The molecule has 0 radical (unpaired) electrons. The van der Waals surface area contributed by atoms with Crippen molar-refractivity contribution in [1.29, 1.82) is 0 Å². The first-order chi connectivity index (χ1) is 13.0. The van der Waals surface area contributed by atoms with Gasteiger partial charge < -0.3 is 0 Å². The smallest absolute Gasteiger partial charge is 0.0139 e. The summed E-state index contributed by atoms with van der Waals surface area (Å²) in [5.41, 5.74) is 6.03. The summed E-state index contributed by atoms with van der Waals surface area (Å²) in [5.74, 6) is 0.758. The van der Waals surface area contributed by atoms with Crippen LogP contribution in [0.25, 0.3) is 0 Å². The fraction of sp³-hybridized carbons (Fsp3) is 0.643. The van der Waals surface area contributed by atoms with Gasteiger partial charge in [0, 0.05) is 0 Å². The van der Waals surface area contributed by atoms with E-state index in [4.69, 9.17) is 0 Å². The molecule has 28 heavy (non-hydrogen) atoms. The van der Waals surface area contributed by atoms with E-state index in [9.17, 15) is 0 Å². The predicted molar refractivity (Wildman–Crippen MR) is 131 cm³/mol. The molecule has 0 saturated heterocycles. The van der Waals surface area contributed by atoms with E-state index in [0.29, 0.717) is 0 Å². The second kappa shape index (κ2) is 14.7. The van der Waals surface area contributed by atoms with Gasteiger partial charge in [0.1, 0.15) is 0 Å². The van der Waals surface area contributed by atoms with E-state index in [2.05, 4.69) is 92.3 Å². The van der Waals surface area contributed by atoms with E-state index in [0.717, 1.165) is 38.0 Å². The average molecular weight is 385 g/mol. The maximum absolute atomic E-state index is 4.30. The Morgan fingerprint density at radius 3 is 2.07 bits per heavy atom. The highest BCUT2D eigenvalue weighted by molar-refractivity contribution is 5.10. The number of allylic oxidation sites excluding steroid dienone is 9. The van der Waals surface area contributed by atoms with E-state index in [-0.39, 0.29) is 5.41 Å². The summed E-state index contributed by atoms with van der Waals surface area (Å²) in [5, 5.41) is 0. The van der Waals surface area contributed by atoms with E-state index in [1.807, 2.05) is 0 Å². The normalized spacial score (nSPS) is 13.5. The number of hydrogen-bond acceptors (Lipinski definition) is 0. The first-order valence-electron chi connectivity index (χ1n) is 11.3. The molecule has 0 heteroatoms. The van der Waals surface area contributed by atoms with Gasteiger partial charge in [-0.2, -0.15) is 0 Å². The molecule has 0 nitrogen and oxygen atoms in total. The topological polar surface area (TPSA) is 0 Å². The molecule has 0 aromatic heterocycles. The zero-order chi connectivity index (χ0) is 21.6. The Morgan fingerprint density at radius 2 is 1.46 bits per heavy atom. The Hall–Kier alpha value is -1.30. The van der Waals surface area contributed by atoms with Crippen LogP contribution in [0.15, 0.2) is 59.3 Å². The van der Waals surface area contributed by atoms with Crippen LogP contribution in [0.5, 0.6) is 0 Å². The highest BCUT2D eigenvalue weighted by atomic mass is 14.2. The average Bonchev–Trinajstić information content (AvgIpc) is 2.60. The molecule has 0 aromatic rings. The van der Waals surface area contributed by atoms with Crippen LogP contribution < -0.4 is 0 Å². The molecule has 0 bridgehead atoms. The molecule has 0 N–H and O–H groups in total. The number of hydrogen-bond donors (Lipinski definition) is 0. The zero-order valence-electron chi connectivity index (χ0n) is 20.3. The minimum absolute atomic E-state index is 0.251. The first kappa shape index (κ1) is 26.7. The highest BCUT2D eigenvalue weighted by Gasteiger charge is 2.13. The molecule has 0 aliphatic rings. The molecule has 0 heterocycles. The van der Waals surface area contributed by atoms with Gasteiger partial charge in [0.2, 0.25) is 0 Å². The summed E-state index contributed by atoms with van der Waals surface area (Å²) in [7, 11) is 0. The van der Waals surface area contributed by atoms with Gasteiger partial charge >= 0.3 is 0 Å². The lowest BCUT2D eigenvalue weighted by Gasteiger charge is -2.20. The van der Waals surface area contributed by atoms with E-state index < -0.39 is 0 Å². The summed E-state index contributed by atoms with van der Waals surface area (Å²) in [6.45, 7) is 22.4. The van der Waals surface area contributed by atoms with Crippen LogP contribution in [-0.2, 0) is 0 Å². The largest absolute Gasteiger partial charge is 0.0995 e. The Labute approximate surface area is 177 Å². The van der Waals surface area contributed by atoms with Gasteiger partial charge in [-0.05, 0) is 90.4 Å². The zero-order valence-corrected chi connectivity index (χ0v) is 20.3. The summed E-state index contributed by atoms with van der Waals surface area (Å²) >= 11 is 0. The Morgan fingerprint density at radius 1 is 0.857 bits per heavy atom. The van der Waals surface area contributed by atoms with Crippen LogP contribution in [0.3, 0.4) is 0 Å². The fourth-order valence-corrected chi connectivity index (χ4v) is 2.95. The second-order valence-corrected chi connectivity index (χ2v) is 9.93. The third-order valence-electron chi connectivity index (χ3n) is 5.17. The minimum atomic E-state index is 0.251. The highest BCUT2D eigenvalue weighted by Crippen LogP contribution is 2.27. The van der Waals surface area contributed by atoms with Crippen molar-refractivity contribution in [3.05, 3.63) is 59.3 Å². The summed E-state index contributed by atoms with van der Waals surface area (Å²) < 4.78 is 0. The van der Waals surface area contributed by atoms with Gasteiger partial charge in [-0.25, -0.2) is 0 Å². The van der Waals surface area contributed by atoms with E-state index in [1.54, 1.807) is 0 Å². The molecule has 0 amide bonds. The minimum Gasteiger partial charge on any atom is -0.0995 e. The Bertz CT molecular complexity index is 557. The lowest BCUT2D eigenvalue weighted by Crippen LogP contribution is -2.07. The van der Waals surface area contributed by atoms with Crippen LogP contribution >= 0.6 is 0 Å². The molecule has 0 aromatic carbocycles. The van der Waals surface area contributed by atoms with Crippen LogP contribution in [0.4, 0.5) is 0 Å². The third-order valence-corrected chi connectivity index (χ3v) is 5.17. The molecule has 0 fully saturated rings. The van der Waals surface area contributed by atoms with Crippen molar-refractivity contribution in [3.8, 4) is 0 Å². The molecule has 0 rings (SSSR count). The van der Waals surface area contributed by atoms with Crippen LogP contribution in [0, 0.1) is 11.3 Å². The Kier molecular flexibility index (Phi) is 14.0. The summed E-state index contributed by atoms with van der Waals surface area (Å²) in [4.78, 5) is 0. The molecule has 0 saturated carbocycles. The van der Waals surface area contributed by atoms with Crippen molar-refractivity contribution in [2.24, 2.45) is 11.3 Å². The quantitative estimate of drug-likeness (QED) is 0.261. The molecule has 0 aliphatic heterocycles. The van der Waals surface area contributed by atoms with Crippen molar-refractivity contribution in [2.45, 2.75) is 107 Å². The van der Waals surface area contributed by atoms with Crippen molar-refractivity contribution < 1.29 is 0 Å². The SMILES string of the molecule is C=C(C/C=C(\C)CCC=C(C)C)CCC(C)(C)/C=C/CC/C(C)=C\CC(C)C. The van der Waals surface area contributed by atoms with Crippen molar-refractivity contribution >= 4 is 0 Å². The van der Waals surface area contributed by atoms with Gasteiger partial charge in [-0.1, -0.05) is 86.9 Å². The van der Waals surface area contributed by atoms with E-state index >= 15 is 0 Å². The monoisotopic (exact) mass is 384 g/mol. The van der Waals surface area contributed by atoms with Gasteiger partial charge in [-0.15, -0.1) is 0 Å². The van der Waals surface area contributed by atoms with Gasteiger partial charge in [0.25, 0.3) is 0 Å². The van der Waals surface area contributed by atoms with Gasteiger partial charge in [-0.3, -0.25) is 0 Å². The maximum atomic E-state index is 4.30. The summed E-state index contributed by atoms with van der Waals surface area (Å²) in [6, 6.07) is 0. The molecule has 0 atom stereocenters. The number of rotatable bonds is 14.